The van der Waals surface area contributed by atoms with E-state index in [2.05, 4.69) is 20.7 Å². The molecule has 1 aliphatic rings. The lowest BCUT2D eigenvalue weighted by molar-refractivity contribution is -0.147. The molecule has 1 fully saturated rings. The van der Waals surface area contributed by atoms with E-state index in [0.29, 0.717) is 0 Å². The smallest absolute Gasteiger partial charge is 0.247 e. The van der Waals surface area contributed by atoms with E-state index in [0.717, 1.165) is 11.0 Å². The van der Waals surface area contributed by atoms with E-state index in [9.17, 15) is 22.4 Å². The van der Waals surface area contributed by atoms with Crippen molar-refractivity contribution in [2.45, 2.75) is 23.8 Å². The number of likely N-dealkylation sites (N-methyl/N-ethyl adjacent to an activating group) is 1. The summed E-state index contributed by atoms with van der Waals surface area (Å²) in [5, 5.41) is 0. The number of nitrogens with one attached hydrogen (secondary N) is 1. The van der Waals surface area contributed by atoms with Crippen LogP contribution in [0.1, 0.15) is 12.8 Å². The van der Waals surface area contributed by atoms with Gasteiger partial charge in [0.05, 0.1) is 9.37 Å². The molecule has 21 heavy (non-hydrogen) atoms. The Kier molecular flexibility index (Phi) is 4.45. The zero-order valence-corrected chi connectivity index (χ0v) is 13.4. The molecule has 2 amide bonds. The number of carbonyl (C=O) groups excluding carboxylic acids is 2. The maximum absolute atomic E-state index is 13.4. The SMILES string of the molecule is CN1C(=O)CCC(NS(=O)(=O)c2ccc(Br)c(F)c2)C1=O. The first kappa shape index (κ1) is 16.1. The van der Waals surface area contributed by atoms with Gasteiger partial charge >= 0.3 is 0 Å². The predicted molar refractivity (Wildman–Crippen MR) is 75.2 cm³/mol. The molecule has 0 bridgehead atoms. The Morgan fingerprint density at radius 1 is 1.38 bits per heavy atom. The molecule has 1 aliphatic heterocycles. The van der Waals surface area contributed by atoms with Gasteiger partial charge in [-0.15, -0.1) is 0 Å². The number of hydrogen-bond donors (Lipinski definition) is 1. The molecular weight excluding hydrogens is 367 g/mol. The molecule has 114 valence electrons. The van der Waals surface area contributed by atoms with Crippen molar-refractivity contribution in [2.75, 3.05) is 7.05 Å². The number of halogens is 2. The number of piperidine rings is 1. The minimum Gasteiger partial charge on any atom is -0.284 e. The first-order chi connectivity index (χ1) is 9.72. The fourth-order valence-electron chi connectivity index (χ4n) is 1.92. The van der Waals surface area contributed by atoms with E-state index in [4.69, 9.17) is 0 Å². The minimum absolute atomic E-state index is 0.0735. The van der Waals surface area contributed by atoms with Crippen LogP contribution in [0.5, 0.6) is 0 Å². The van der Waals surface area contributed by atoms with E-state index in [1.165, 1.54) is 19.2 Å². The van der Waals surface area contributed by atoms with Gasteiger partial charge < -0.3 is 0 Å². The summed E-state index contributed by atoms with van der Waals surface area (Å²) in [6.07, 6.45) is 0.157. The molecule has 0 saturated carbocycles. The monoisotopic (exact) mass is 378 g/mol. The third-order valence-electron chi connectivity index (χ3n) is 3.15. The Hall–Kier alpha value is -1.32. The number of nitrogens with zero attached hydrogens (tertiary/aromatic N) is 1. The van der Waals surface area contributed by atoms with E-state index in [1.54, 1.807) is 0 Å². The number of imide groups is 1. The molecule has 1 aromatic rings. The molecule has 0 spiro atoms. The summed E-state index contributed by atoms with van der Waals surface area (Å²) in [6.45, 7) is 0. The Labute approximate surface area is 129 Å². The molecule has 0 radical (unpaired) electrons. The van der Waals surface area contributed by atoms with Gasteiger partial charge in [-0.3, -0.25) is 14.5 Å². The zero-order valence-electron chi connectivity index (χ0n) is 11.0. The lowest BCUT2D eigenvalue weighted by Crippen LogP contribution is -2.52. The molecule has 1 aromatic carbocycles. The molecule has 9 heteroatoms. The number of likely N-dealkylation sites (tertiary alicyclic amines) is 1. The zero-order chi connectivity index (χ0) is 15.8. The van der Waals surface area contributed by atoms with Crippen LogP contribution in [0.15, 0.2) is 27.6 Å². The van der Waals surface area contributed by atoms with Crippen LogP contribution in [-0.2, 0) is 19.6 Å². The van der Waals surface area contributed by atoms with Crippen LogP contribution >= 0.6 is 15.9 Å². The number of hydrogen-bond acceptors (Lipinski definition) is 4. The second kappa shape index (κ2) is 5.82. The molecule has 1 N–H and O–H groups in total. The first-order valence-corrected chi connectivity index (χ1v) is 8.28. The Balaban J connectivity index is 2.23. The van der Waals surface area contributed by atoms with Crippen LogP contribution in [0.25, 0.3) is 0 Å². The van der Waals surface area contributed by atoms with E-state index >= 15 is 0 Å². The summed E-state index contributed by atoms with van der Waals surface area (Å²) < 4.78 is 40.1. The van der Waals surface area contributed by atoms with Gasteiger partial charge in [-0.1, -0.05) is 0 Å². The summed E-state index contributed by atoms with van der Waals surface area (Å²) in [5.41, 5.74) is 0. The van der Waals surface area contributed by atoms with Crippen LogP contribution in [0.3, 0.4) is 0 Å². The van der Waals surface area contributed by atoms with Gasteiger partial charge in [0.25, 0.3) is 0 Å². The average molecular weight is 379 g/mol. The Morgan fingerprint density at radius 3 is 2.67 bits per heavy atom. The van der Waals surface area contributed by atoms with Gasteiger partial charge in [-0.25, -0.2) is 12.8 Å². The highest BCUT2D eigenvalue weighted by atomic mass is 79.9. The van der Waals surface area contributed by atoms with Crippen LogP contribution < -0.4 is 4.72 Å². The van der Waals surface area contributed by atoms with Gasteiger partial charge in [0.15, 0.2) is 0 Å². The van der Waals surface area contributed by atoms with E-state index < -0.39 is 27.8 Å². The molecule has 2 rings (SSSR count). The van der Waals surface area contributed by atoms with Crippen LogP contribution in [0, 0.1) is 5.82 Å². The van der Waals surface area contributed by atoms with E-state index in [1.807, 2.05) is 0 Å². The molecular formula is C12H12BrFN2O4S. The summed E-state index contributed by atoms with van der Waals surface area (Å²) in [6, 6.07) is 2.32. The third-order valence-corrected chi connectivity index (χ3v) is 5.26. The number of carbonyl (C=O) groups is 2. The summed E-state index contributed by atoms with van der Waals surface area (Å²) in [5.74, 6) is -1.70. The lowest BCUT2D eigenvalue weighted by atomic mass is 10.1. The standard InChI is InChI=1S/C12H12BrFN2O4S/c1-16-11(17)5-4-10(12(16)18)15-21(19,20)7-2-3-8(13)9(14)6-7/h2-3,6,10,15H,4-5H2,1H3. The third kappa shape index (κ3) is 3.30. The lowest BCUT2D eigenvalue weighted by Gasteiger charge is -2.27. The molecule has 1 atom stereocenters. The highest BCUT2D eigenvalue weighted by molar-refractivity contribution is 9.10. The topological polar surface area (TPSA) is 83.6 Å². The van der Waals surface area contributed by atoms with E-state index in [-0.39, 0.29) is 28.1 Å². The largest absolute Gasteiger partial charge is 0.284 e. The van der Waals surface area contributed by atoms with Crippen LogP contribution in [0.4, 0.5) is 4.39 Å². The number of benzene rings is 1. The van der Waals surface area contributed by atoms with Gasteiger partial charge in [0.1, 0.15) is 11.9 Å². The molecule has 0 aliphatic carbocycles. The van der Waals surface area contributed by atoms with Crippen LogP contribution in [-0.4, -0.2) is 38.2 Å². The maximum atomic E-state index is 13.4. The molecule has 1 heterocycles. The van der Waals surface area contributed by atoms with Crippen molar-refractivity contribution in [1.82, 2.24) is 9.62 Å². The van der Waals surface area contributed by atoms with Crippen molar-refractivity contribution in [3.8, 4) is 0 Å². The van der Waals surface area contributed by atoms with Gasteiger partial charge in [0, 0.05) is 13.5 Å². The molecule has 1 saturated heterocycles. The molecule has 1 unspecified atom stereocenters. The second-order valence-corrected chi connectivity index (χ2v) is 7.15. The highest BCUT2D eigenvalue weighted by Crippen LogP contribution is 2.20. The minimum atomic E-state index is -4.04. The molecule has 6 nitrogen and oxygen atoms in total. The van der Waals surface area contributed by atoms with Gasteiger partial charge in [0.2, 0.25) is 21.8 Å². The van der Waals surface area contributed by atoms with Gasteiger partial charge in [-0.05, 0) is 40.5 Å². The summed E-state index contributed by atoms with van der Waals surface area (Å²) in [4.78, 5) is 23.8. The normalized spacial score (nSPS) is 20.0. The second-order valence-electron chi connectivity index (χ2n) is 4.58. The van der Waals surface area contributed by atoms with Crippen molar-refractivity contribution in [1.29, 1.82) is 0 Å². The summed E-state index contributed by atoms with van der Waals surface area (Å²) in [7, 11) is -2.75. The Morgan fingerprint density at radius 2 is 2.05 bits per heavy atom. The fourth-order valence-corrected chi connectivity index (χ4v) is 3.41. The molecule has 0 aromatic heterocycles. The highest BCUT2D eigenvalue weighted by Gasteiger charge is 2.34. The van der Waals surface area contributed by atoms with Crippen molar-refractivity contribution < 1.29 is 22.4 Å². The quantitative estimate of drug-likeness (QED) is 0.795. The number of rotatable bonds is 3. The van der Waals surface area contributed by atoms with Crippen LogP contribution in [0.2, 0.25) is 0 Å². The predicted octanol–water partition coefficient (Wildman–Crippen LogP) is 1.01. The summed E-state index contributed by atoms with van der Waals surface area (Å²) >= 11 is 2.93. The van der Waals surface area contributed by atoms with Crippen molar-refractivity contribution in [2.24, 2.45) is 0 Å². The first-order valence-electron chi connectivity index (χ1n) is 6.00. The Bertz CT molecular complexity index is 707. The van der Waals surface area contributed by atoms with Crippen molar-refractivity contribution >= 4 is 37.8 Å². The maximum Gasteiger partial charge on any atom is 0.247 e. The fraction of sp³-hybridized carbons (Fsp3) is 0.333. The number of sulfonamides is 1. The number of amides is 2. The van der Waals surface area contributed by atoms with Gasteiger partial charge in [-0.2, -0.15) is 4.72 Å². The van der Waals surface area contributed by atoms with Crippen molar-refractivity contribution in [3.63, 3.8) is 0 Å². The van der Waals surface area contributed by atoms with Crippen molar-refractivity contribution in [3.05, 3.63) is 28.5 Å². The average Bonchev–Trinajstić information content (AvgIpc) is 2.42.